The van der Waals surface area contributed by atoms with Gasteiger partial charge in [-0.1, -0.05) is 13.8 Å². The van der Waals surface area contributed by atoms with E-state index in [1.165, 1.54) is 39.1 Å². The van der Waals surface area contributed by atoms with E-state index in [1.807, 2.05) is 0 Å². The highest BCUT2D eigenvalue weighted by atomic mass is 15.3. The molecule has 2 unspecified atom stereocenters. The van der Waals surface area contributed by atoms with Gasteiger partial charge < -0.3 is 10.6 Å². The van der Waals surface area contributed by atoms with Crippen molar-refractivity contribution in [3.63, 3.8) is 0 Å². The van der Waals surface area contributed by atoms with E-state index in [1.54, 1.807) is 0 Å². The highest BCUT2D eigenvalue weighted by Crippen LogP contribution is 2.11. The number of piperazine rings is 1. The van der Waals surface area contributed by atoms with Crippen molar-refractivity contribution < 1.29 is 0 Å². The van der Waals surface area contributed by atoms with Gasteiger partial charge in [-0.25, -0.2) is 0 Å². The number of nitrogens with two attached hydrogens (primary N) is 1. The summed E-state index contributed by atoms with van der Waals surface area (Å²) in [4.78, 5) is 5.21. The third-order valence-electron chi connectivity index (χ3n) is 3.85. The van der Waals surface area contributed by atoms with Crippen LogP contribution in [0.1, 0.15) is 33.6 Å². The molecule has 1 fully saturated rings. The molecule has 1 saturated heterocycles. The van der Waals surface area contributed by atoms with Crippen LogP contribution in [0.25, 0.3) is 0 Å². The second kappa shape index (κ2) is 7.25. The molecule has 2 N–H and O–H groups in total. The van der Waals surface area contributed by atoms with Crippen molar-refractivity contribution in [1.29, 1.82) is 0 Å². The van der Waals surface area contributed by atoms with Gasteiger partial charge >= 0.3 is 0 Å². The zero-order chi connectivity index (χ0) is 12.0. The second-order valence-electron chi connectivity index (χ2n) is 5.28. The zero-order valence-electron chi connectivity index (χ0n) is 11.3. The van der Waals surface area contributed by atoms with Crippen molar-refractivity contribution in [2.45, 2.75) is 39.7 Å². The number of hydrogen-bond acceptors (Lipinski definition) is 3. The lowest BCUT2D eigenvalue weighted by Crippen LogP contribution is -2.50. The first-order valence-electron chi connectivity index (χ1n) is 6.83. The molecule has 1 rings (SSSR count). The second-order valence-corrected chi connectivity index (χ2v) is 5.28. The smallest absolute Gasteiger partial charge is 0.0113 e. The van der Waals surface area contributed by atoms with Gasteiger partial charge in [0.05, 0.1) is 0 Å². The summed E-state index contributed by atoms with van der Waals surface area (Å²) in [6.45, 7) is 13.9. The first-order valence-corrected chi connectivity index (χ1v) is 6.83. The van der Waals surface area contributed by atoms with Crippen LogP contribution in [-0.4, -0.2) is 55.1 Å². The summed E-state index contributed by atoms with van der Waals surface area (Å²) in [7, 11) is 0. The maximum atomic E-state index is 5.59. The highest BCUT2D eigenvalue weighted by molar-refractivity contribution is 4.76. The molecule has 16 heavy (non-hydrogen) atoms. The van der Waals surface area contributed by atoms with E-state index in [0.29, 0.717) is 0 Å². The van der Waals surface area contributed by atoms with Gasteiger partial charge in [-0.3, -0.25) is 4.90 Å². The Morgan fingerprint density at radius 1 is 1.12 bits per heavy atom. The molecule has 0 aromatic carbocycles. The van der Waals surface area contributed by atoms with Crippen LogP contribution in [0.3, 0.4) is 0 Å². The van der Waals surface area contributed by atoms with Crippen LogP contribution in [0, 0.1) is 5.92 Å². The third kappa shape index (κ3) is 4.40. The Balaban J connectivity index is 2.21. The van der Waals surface area contributed by atoms with E-state index < -0.39 is 0 Å². The van der Waals surface area contributed by atoms with Crippen LogP contribution in [0.5, 0.6) is 0 Å². The fraction of sp³-hybridized carbons (Fsp3) is 1.00. The molecule has 0 saturated carbocycles. The van der Waals surface area contributed by atoms with Gasteiger partial charge in [0.25, 0.3) is 0 Å². The number of nitrogens with zero attached hydrogens (tertiary/aromatic N) is 2. The molecular weight excluding hydrogens is 198 g/mol. The van der Waals surface area contributed by atoms with Crippen molar-refractivity contribution in [2.24, 2.45) is 11.7 Å². The first-order chi connectivity index (χ1) is 7.67. The zero-order valence-corrected chi connectivity index (χ0v) is 11.3. The van der Waals surface area contributed by atoms with Gasteiger partial charge in [0, 0.05) is 38.8 Å². The first kappa shape index (κ1) is 13.9. The summed E-state index contributed by atoms with van der Waals surface area (Å²) >= 11 is 0. The molecule has 0 radical (unpaired) electrons. The Bertz CT molecular complexity index is 176. The van der Waals surface area contributed by atoms with Gasteiger partial charge in [-0.05, 0) is 32.2 Å². The summed E-state index contributed by atoms with van der Waals surface area (Å²) < 4.78 is 0. The van der Waals surface area contributed by atoms with Crippen LogP contribution in [-0.2, 0) is 0 Å². The van der Waals surface area contributed by atoms with Gasteiger partial charge in [-0.2, -0.15) is 0 Å². The summed E-state index contributed by atoms with van der Waals surface area (Å²) in [6.07, 6.45) is 2.43. The van der Waals surface area contributed by atoms with Crippen LogP contribution >= 0.6 is 0 Å². The van der Waals surface area contributed by atoms with Crippen molar-refractivity contribution in [3.05, 3.63) is 0 Å². The Labute approximate surface area is 101 Å². The number of hydrogen-bond donors (Lipinski definition) is 1. The SMILES string of the molecule is CCC(C)N1CCN(CC(C)CCN)CC1. The van der Waals surface area contributed by atoms with E-state index in [9.17, 15) is 0 Å². The molecule has 1 aliphatic heterocycles. The Morgan fingerprint density at radius 2 is 1.75 bits per heavy atom. The quantitative estimate of drug-likeness (QED) is 0.744. The molecule has 0 amide bonds. The molecule has 2 atom stereocenters. The average Bonchev–Trinajstić information content (AvgIpc) is 2.29. The summed E-state index contributed by atoms with van der Waals surface area (Å²) in [5.41, 5.74) is 5.59. The molecular formula is C13H29N3. The van der Waals surface area contributed by atoms with Gasteiger partial charge in [-0.15, -0.1) is 0 Å². The minimum absolute atomic E-state index is 0.750. The number of rotatable bonds is 6. The maximum Gasteiger partial charge on any atom is 0.0113 e. The summed E-state index contributed by atoms with van der Waals surface area (Å²) in [5, 5.41) is 0. The predicted molar refractivity (Wildman–Crippen MR) is 70.6 cm³/mol. The standard InChI is InChI=1S/C13H29N3/c1-4-13(3)16-9-7-15(8-10-16)11-12(2)5-6-14/h12-13H,4-11,14H2,1-3H3. The minimum atomic E-state index is 0.750. The topological polar surface area (TPSA) is 32.5 Å². The molecule has 3 nitrogen and oxygen atoms in total. The van der Waals surface area contributed by atoms with Crippen molar-refractivity contribution in [3.8, 4) is 0 Å². The summed E-state index contributed by atoms with van der Waals surface area (Å²) in [5.74, 6) is 0.750. The van der Waals surface area contributed by atoms with Crippen molar-refractivity contribution in [2.75, 3.05) is 39.3 Å². The molecule has 0 aromatic heterocycles. The monoisotopic (exact) mass is 227 g/mol. The third-order valence-corrected chi connectivity index (χ3v) is 3.85. The Kier molecular flexibility index (Phi) is 6.32. The van der Waals surface area contributed by atoms with Crippen molar-refractivity contribution in [1.82, 2.24) is 9.80 Å². The fourth-order valence-electron chi connectivity index (χ4n) is 2.46. The minimum Gasteiger partial charge on any atom is -0.330 e. The molecule has 96 valence electrons. The molecule has 0 bridgehead atoms. The lowest BCUT2D eigenvalue weighted by Gasteiger charge is -2.38. The van der Waals surface area contributed by atoms with Gasteiger partial charge in [0.15, 0.2) is 0 Å². The Hall–Kier alpha value is -0.120. The van der Waals surface area contributed by atoms with Gasteiger partial charge in [0.2, 0.25) is 0 Å². The average molecular weight is 227 g/mol. The van der Waals surface area contributed by atoms with E-state index in [2.05, 4.69) is 30.6 Å². The Morgan fingerprint density at radius 3 is 2.25 bits per heavy atom. The van der Waals surface area contributed by atoms with Crippen LogP contribution < -0.4 is 5.73 Å². The van der Waals surface area contributed by atoms with Crippen molar-refractivity contribution >= 4 is 0 Å². The molecule has 0 aliphatic carbocycles. The molecule has 1 aliphatic rings. The normalized spacial score (nSPS) is 23.2. The lowest BCUT2D eigenvalue weighted by atomic mass is 10.1. The van der Waals surface area contributed by atoms with E-state index in [0.717, 1.165) is 24.9 Å². The maximum absolute atomic E-state index is 5.59. The van der Waals surface area contributed by atoms with E-state index in [4.69, 9.17) is 5.73 Å². The predicted octanol–water partition coefficient (Wildman–Crippen LogP) is 1.39. The van der Waals surface area contributed by atoms with Crippen LogP contribution in [0.2, 0.25) is 0 Å². The largest absolute Gasteiger partial charge is 0.330 e. The lowest BCUT2D eigenvalue weighted by molar-refractivity contribution is 0.0910. The molecule has 0 spiro atoms. The van der Waals surface area contributed by atoms with E-state index >= 15 is 0 Å². The van der Waals surface area contributed by atoms with Crippen LogP contribution in [0.15, 0.2) is 0 Å². The fourth-order valence-corrected chi connectivity index (χ4v) is 2.46. The van der Waals surface area contributed by atoms with Crippen LogP contribution in [0.4, 0.5) is 0 Å². The molecule has 3 heteroatoms. The molecule has 0 aromatic rings. The van der Waals surface area contributed by atoms with Gasteiger partial charge in [0.1, 0.15) is 0 Å². The molecule has 1 heterocycles. The summed E-state index contributed by atoms with van der Waals surface area (Å²) in [6, 6.07) is 0.753. The highest BCUT2D eigenvalue weighted by Gasteiger charge is 2.20. The van der Waals surface area contributed by atoms with E-state index in [-0.39, 0.29) is 0 Å².